The summed E-state index contributed by atoms with van der Waals surface area (Å²) < 4.78 is 31.8. The van der Waals surface area contributed by atoms with Crippen molar-refractivity contribution in [1.82, 2.24) is 9.46 Å². The highest BCUT2D eigenvalue weighted by molar-refractivity contribution is 7.89. The van der Waals surface area contributed by atoms with Gasteiger partial charge in [0.05, 0.1) is 17.1 Å². The van der Waals surface area contributed by atoms with Gasteiger partial charge >= 0.3 is 0 Å². The number of rotatable bonds is 5. The van der Waals surface area contributed by atoms with E-state index >= 15 is 0 Å². The Labute approximate surface area is 147 Å². The third-order valence-electron chi connectivity index (χ3n) is 4.04. The molecule has 3 rings (SSSR count). The van der Waals surface area contributed by atoms with Gasteiger partial charge in [0, 0.05) is 18.7 Å². The van der Waals surface area contributed by atoms with Crippen LogP contribution in [0, 0.1) is 13.8 Å². The zero-order valence-corrected chi connectivity index (χ0v) is 15.2. The molecule has 0 saturated heterocycles. The van der Waals surface area contributed by atoms with Gasteiger partial charge in [-0.25, -0.2) is 8.42 Å². The average molecular weight is 356 g/mol. The van der Waals surface area contributed by atoms with Crippen molar-refractivity contribution in [3.05, 3.63) is 71.4 Å². The number of hydrogen-bond donors (Lipinski definition) is 0. The molecule has 0 saturated carbocycles. The molecule has 0 spiro atoms. The Morgan fingerprint density at radius 1 is 1.04 bits per heavy atom. The number of aromatic nitrogens is 1. The van der Waals surface area contributed by atoms with Gasteiger partial charge in [-0.15, -0.1) is 0 Å². The van der Waals surface area contributed by atoms with Crippen molar-refractivity contribution in [1.29, 1.82) is 0 Å². The van der Waals surface area contributed by atoms with Crippen LogP contribution in [0.2, 0.25) is 0 Å². The summed E-state index contributed by atoms with van der Waals surface area (Å²) in [5.41, 5.74) is 3.79. The second kappa shape index (κ2) is 6.82. The van der Waals surface area contributed by atoms with E-state index < -0.39 is 10.0 Å². The second-order valence-electron chi connectivity index (χ2n) is 6.08. The molecule has 2 aromatic carbocycles. The fourth-order valence-electron chi connectivity index (χ4n) is 2.69. The lowest BCUT2D eigenvalue weighted by Crippen LogP contribution is -2.26. The van der Waals surface area contributed by atoms with Crippen LogP contribution in [0.5, 0.6) is 0 Å². The molecule has 0 N–H and O–H groups in total. The van der Waals surface area contributed by atoms with E-state index in [1.807, 2.05) is 26.0 Å². The van der Waals surface area contributed by atoms with E-state index in [-0.39, 0.29) is 11.4 Å². The molecule has 0 aliphatic rings. The van der Waals surface area contributed by atoms with Crippen LogP contribution in [-0.4, -0.2) is 24.9 Å². The quantitative estimate of drug-likeness (QED) is 0.698. The van der Waals surface area contributed by atoms with E-state index in [0.29, 0.717) is 11.5 Å². The Kier molecular flexibility index (Phi) is 4.74. The Morgan fingerprint density at radius 3 is 2.44 bits per heavy atom. The van der Waals surface area contributed by atoms with Gasteiger partial charge in [-0.3, -0.25) is 0 Å². The maximum absolute atomic E-state index is 12.6. The van der Waals surface area contributed by atoms with E-state index in [2.05, 4.69) is 11.2 Å². The first-order valence-corrected chi connectivity index (χ1v) is 9.36. The lowest BCUT2D eigenvalue weighted by Gasteiger charge is -2.15. The van der Waals surface area contributed by atoms with Gasteiger partial charge in [0.2, 0.25) is 10.0 Å². The molecule has 0 radical (unpaired) electrons. The van der Waals surface area contributed by atoms with Gasteiger partial charge in [-0.05, 0) is 31.5 Å². The lowest BCUT2D eigenvalue weighted by atomic mass is 10.0. The number of nitrogens with zero attached hydrogens (tertiary/aromatic N) is 2. The van der Waals surface area contributed by atoms with Gasteiger partial charge in [0.1, 0.15) is 0 Å². The lowest BCUT2D eigenvalue weighted by molar-refractivity contribution is 0.402. The predicted molar refractivity (Wildman–Crippen MR) is 96.5 cm³/mol. The van der Waals surface area contributed by atoms with Crippen LogP contribution in [0.4, 0.5) is 0 Å². The van der Waals surface area contributed by atoms with E-state index in [4.69, 9.17) is 4.52 Å². The SMILES string of the molecule is Cc1ccc(-c2cc(CN(C)S(=O)(=O)c3ccccc3)no2)c(C)c1. The minimum absolute atomic E-state index is 0.144. The molecule has 130 valence electrons. The molecule has 1 heterocycles. The largest absolute Gasteiger partial charge is 0.356 e. The Hall–Kier alpha value is -2.44. The third kappa shape index (κ3) is 3.65. The normalized spacial score (nSPS) is 11.8. The van der Waals surface area contributed by atoms with Crippen molar-refractivity contribution in [3.63, 3.8) is 0 Å². The van der Waals surface area contributed by atoms with E-state index in [1.165, 1.54) is 16.9 Å². The minimum atomic E-state index is -3.55. The molecule has 5 nitrogen and oxygen atoms in total. The van der Waals surface area contributed by atoms with Crippen LogP contribution >= 0.6 is 0 Å². The van der Waals surface area contributed by atoms with Crippen LogP contribution in [0.15, 0.2) is 64.0 Å². The topological polar surface area (TPSA) is 63.4 Å². The highest BCUT2D eigenvalue weighted by Gasteiger charge is 2.22. The van der Waals surface area contributed by atoms with Crippen molar-refractivity contribution >= 4 is 10.0 Å². The summed E-state index contributed by atoms with van der Waals surface area (Å²) in [5, 5.41) is 4.02. The summed E-state index contributed by atoms with van der Waals surface area (Å²) in [4.78, 5) is 0.260. The van der Waals surface area contributed by atoms with Crippen molar-refractivity contribution in [2.75, 3.05) is 7.05 Å². The molecule has 0 amide bonds. The summed E-state index contributed by atoms with van der Waals surface area (Å²) in [7, 11) is -2.02. The predicted octanol–water partition coefficient (Wildman–Crippen LogP) is 3.78. The van der Waals surface area contributed by atoms with Crippen LogP contribution in [0.3, 0.4) is 0 Å². The smallest absolute Gasteiger partial charge is 0.243 e. The first-order valence-electron chi connectivity index (χ1n) is 7.92. The number of aryl methyl sites for hydroxylation is 2. The van der Waals surface area contributed by atoms with Crippen LogP contribution < -0.4 is 0 Å². The van der Waals surface area contributed by atoms with E-state index in [1.54, 1.807) is 36.4 Å². The monoisotopic (exact) mass is 356 g/mol. The Morgan fingerprint density at radius 2 is 1.76 bits per heavy atom. The Balaban J connectivity index is 1.82. The maximum atomic E-state index is 12.6. The summed E-state index contributed by atoms with van der Waals surface area (Å²) in [6.07, 6.45) is 0. The second-order valence-corrected chi connectivity index (χ2v) is 8.12. The van der Waals surface area contributed by atoms with E-state index in [0.717, 1.165) is 11.1 Å². The third-order valence-corrected chi connectivity index (χ3v) is 5.86. The van der Waals surface area contributed by atoms with Gasteiger partial charge < -0.3 is 4.52 Å². The van der Waals surface area contributed by atoms with Gasteiger partial charge in [-0.1, -0.05) is 47.1 Å². The summed E-state index contributed by atoms with van der Waals surface area (Å²) in [5.74, 6) is 0.637. The molecule has 3 aromatic rings. The van der Waals surface area contributed by atoms with Crippen molar-refractivity contribution in [3.8, 4) is 11.3 Å². The molecule has 0 bridgehead atoms. The van der Waals surface area contributed by atoms with E-state index in [9.17, 15) is 8.42 Å². The first-order chi connectivity index (χ1) is 11.9. The molecule has 6 heteroatoms. The number of benzene rings is 2. The Bertz CT molecular complexity index is 979. The molecule has 0 atom stereocenters. The molecular weight excluding hydrogens is 336 g/mol. The molecule has 25 heavy (non-hydrogen) atoms. The molecule has 0 aliphatic heterocycles. The van der Waals surface area contributed by atoms with Crippen LogP contribution in [0.1, 0.15) is 16.8 Å². The van der Waals surface area contributed by atoms with Crippen molar-refractivity contribution in [2.24, 2.45) is 0 Å². The van der Waals surface area contributed by atoms with Crippen LogP contribution in [-0.2, 0) is 16.6 Å². The average Bonchev–Trinajstić information content (AvgIpc) is 3.03. The maximum Gasteiger partial charge on any atom is 0.243 e. The molecule has 0 aliphatic carbocycles. The first kappa shape index (κ1) is 17.4. The summed E-state index contributed by atoms with van der Waals surface area (Å²) in [6, 6.07) is 16.2. The molecule has 0 unspecified atom stereocenters. The fourth-order valence-corrected chi connectivity index (χ4v) is 3.85. The number of hydrogen-bond acceptors (Lipinski definition) is 4. The van der Waals surface area contributed by atoms with Crippen molar-refractivity contribution < 1.29 is 12.9 Å². The highest BCUT2D eigenvalue weighted by atomic mass is 32.2. The zero-order chi connectivity index (χ0) is 18.0. The highest BCUT2D eigenvalue weighted by Crippen LogP contribution is 2.26. The standard InChI is InChI=1S/C19H20N2O3S/c1-14-9-10-18(15(2)11-14)19-12-16(20-24-19)13-21(3)25(22,23)17-7-5-4-6-8-17/h4-12H,13H2,1-3H3. The summed E-state index contributed by atoms with van der Waals surface area (Å²) in [6.45, 7) is 4.19. The van der Waals surface area contributed by atoms with Crippen LogP contribution in [0.25, 0.3) is 11.3 Å². The number of sulfonamides is 1. The summed E-state index contributed by atoms with van der Waals surface area (Å²) >= 11 is 0. The van der Waals surface area contributed by atoms with Gasteiger partial charge in [-0.2, -0.15) is 4.31 Å². The molecular formula is C19H20N2O3S. The van der Waals surface area contributed by atoms with Crippen molar-refractivity contribution in [2.45, 2.75) is 25.3 Å². The van der Waals surface area contributed by atoms with Gasteiger partial charge in [0.15, 0.2) is 5.76 Å². The van der Waals surface area contributed by atoms with Gasteiger partial charge in [0.25, 0.3) is 0 Å². The molecule has 0 fully saturated rings. The molecule has 1 aromatic heterocycles. The minimum Gasteiger partial charge on any atom is -0.356 e. The zero-order valence-electron chi connectivity index (χ0n) is 14.4. The fraction of sp³-hybridized carbons (Fsp3) is 0.211.